The van der Waals surface area contributed by atoms with Crippen molar-refractivity contribution in [2.24, 2.45) is 0 Å². The summed E-state index contributed by atoms with van der Waals surface area (Å²) in [5.74, 6) is 1.54. The number of rotatable bonds is 4. The third-order valence-electron chi connectivity index (χ3n) is 5.06. The van der Waals surface area contributed by atoms with E-state index in [9.17, 15) is 9.59 Å². The molecule has 1 saturated heterocycles. The van der Waals surface area contributed by atoms with E-state index in [1.165, 1.54) is 0 Å². The average molecular weight is 453 g/mol. The maximum absolute atomic E-state index is 12.6. The van der Waals surface area contributed by atoms with Gasteiger partial charge in [-0.05, 0) is 54.1 Å². The van der Waals surface area contributed by atoms with Gasteiger partial charge in [-0.1, -0.05) is 23.7 Å². The molecule has 31 heavy (non-hydrogen) atoms. The molecule has 1 atom stereocenters. The summed E-state index contributed by atoms with van der Waals surface area (Å²) in [6, 6.07) is 19.8. The highest BCUT2D eigenvalue weighted by Crippen LogP contribution is 2.44. The van der Waals surface area contributed by atoms with Crippen LogP contribution in [0.1, 0.15) is 21.3 Å². The van der Waals surface area contributed by atoms with E-state index in [0.29, 0.717) is 33.5 Å². The number of nitrogens with zero attached hydrogens (tertiary/aromatic N) is 1. The van der Waals surface area contributed by atoms with Crippen LogP contribution in [0, 0.1) is 0 Å². The number of halogens is 1. The monoisotopic (exact) mass is 452 g/mol. The minimum absolute atomic E-state index is 0.0361. The van der Waals surface area contributed by atoms with Gasteiger partial charge in [0, 0.05) is 28.0 Å². The van der Waals surface area contributed by atoms with Gasteiger partial charge >= 0.3 is 0 Å². The van der Waals surface area contributed by atoms with E-state index < -0.39 is 0 Å². The van der Waals surface area contributed by atoms with Crippen LogP contribution in [0.15, 0.2) is 66.7 Å². The number of nitrogens with one attached hydrogen (secondary N) is 1. The molecule has 1 fully saturated rings. The van der Waals surface area contributed by atoms with Crippen molar-refractivity contribution in [2.45, 2.75) is 5.37 Å². The van der Waals surface area contributed by atoms with Crippen molar-refractivity contribution < 1.29 is 19.1 Å². The van der Waals surface area contributed by atoms with Crippen LogP contribution < -0.4 is 19.7 Å². The molecule has 0 bridgehead atoms. The smallest absolute Gasteiger partial charge is 0.255 e. The molecule has 2 aliphatic heterocycles. The number of fused-ring (bicyclic) bond motifs is 1. The lowest BCUT2D eigenvalue weighted by molar-refractivity contribution is -0.115. The van der Waals surface area contributed by atoms with E-state index in [4.69, 9.17) is 21.1 Å². The van der Waals surface area contributed by atoms with Crippen LogP contribution in [0.25, 0.3) is 0 Å². The van der Waals surface area contributed by atoms with Gasteiger partial charge in [0.1, 0.15) is 5.37 Å². The molecule has 3 aromatic carbocycles. The zero-order valence-electron chi connectivity index (χ0n) is 16.2. The van der Waals surface area contributed by atoms with Crippen molar-refractivity contribution in [3.05, 3.63) is 82.9 Å². The molecule has 6 nitrogen and oxygen atoms in total. The first kappa shape index (κ1) is 19.8. The minimum atomic E-state index is -0.211. The van der Waals surface area contributed by atoms with E-state index >= 15 is 0 Å². The van der Waals surface area contributed by atoms with E-state index in [1.54, 1.807) is 40.9 Å². The lowest BCUT2D eigenvalue weighted by atomic mass is 10.1. The number of hydrogen-bond acceptors (Lipinski definition) is 5. The Morgan fingerprint density at radius 1 is 1.00 bits per heavy atom. The lowest BCUT2D eigenvalue weighted by Crippen LogP contribution is -2.27. The van der Waals surface area contributed by atoms with E-state index in [1.807, 2.05) is 42.5 Å². The first-order valence-corrected chi connectivity index (χ1v) is 11.0. The van der Waals surface area contributed by atoms with E-state index in [-0.39, 0.29) is 24.0 Å². The quantitative estimate of drug-likeness (QED) is 0.596. The minimum Gasteiger partial charge on any atom is -0.454 e. The van der Waals surface area contributed by atoms with Crippen molar-refractivity contribution >= 4 is 46.6 Å². The molecule has 0 radical (unpaired) electrons. The highest BCUT2D eigenvalue weighted by atomic mass is 35.5. The molecular weight excluding hydrogens is 436 g/mol. The van der Waals surface area contributed by atoms with Gasteiger partial charge < -0.3 is 14.8 Å². The highest BCUT2D eigenvalue weighted by molar-refractivity contribution is 8.00. The van der Waals surface area contributed by atoms with Crippen LogP contribution in [-0.4, -0.2) is 24.4 Å². The van der Waals surface area contributed by atoms with Crippen LogP contribution in [-0.2, 0) is 4.79 Å². The summed E-state index contributed by atoms with van der Waals surface area (Å²) in [6.07, 6.45) is 0. The van der Waals surface area contributed by atoms with Crippen molar-refractivity contribution in [1.29, 1.82) is 0 Å². The van der Waals surface area contributed by atoms with Crippen LogP contribution >= 0.6 is 23.4 Å². The summed E-state index contributed by atoms with van der Waals surface area (Å²) in [7, 11) is 0. The third-order valence-corrected chi connectivity index (χ3v) is 6.53. The maximum atomic E-state index is 12.6. The Bertz CT molecular complexity index is 1150. The Balaban J connectivity index is 1.34. The topological polar surface area (TPSA) is 67.9 Å². The molecule has 2 amide bonds. The van der Waals surface area contributed by atoms with Crippen LogP contribution in [0.3, 0.4) is 0 Å². The standard InChI is InChI=1S/C23H17ClN2O4S/c24-16-5-1-14(2-6-16)22(28)25-17-7-3-15(4-8-17)23-26(21(27)12-31-23)18-9-10-19-20(11-18)30-13-29-19/h1-11,23H,12-13H2,(H,25,28)/t23-/m0/s1. The highest BCUT2D eigenvalue weighted by Gasteiger charge is 2.34. The van der Waals surface area contributed by atoms with Crippen molar-refractivity contribution in [3.8, 4) is 11.5 Å². The molecule has 2 heterocycles. The first-order chi connectivity index (χ1) is 15.1. The lowest BCUT2D eigenvalue weighted by Gasteiger charge is -2.24. The molecule has 0 aromatic heterocycles. The Labute approximate surface area is 188 Å². The molecule has 3 aromatic rings. The summed E-state index contributed by atoms with van der Waals surface area (Å²) < 4.78 is 10.8. The summed E-state index contributed by atoms with van der Waals surface area (Å²) in [5.41, 5.74) is 2.94. The Morgan fingerprint density at radius 3 is 2.52 bits per heavy atom. The van der Waals surface area contributed by atoms with Crippen LogP contribution in [0.5, 0.6) is 11.5 Å². The van der Waals surface area contributed by atoms with Gasteiger partial charge in [0.15, 0.2) is 11.5 Å². The molecule has 156 valence electrons. The number of benzene rings is 3. The molecule has 1 N–H and O–H groups in total. The van der Waals surface area contributed by atoms with Crippen molar-refractivity contribution in [3.63, 3.8) is 0 Å². The predicted octanol–water partition coefficient (Wildman–Crippen LogP) is 5.10. The second-order valence-corrected chi connectivity index (χ2v) is 8.55. The second-order valence-electron chi connectivity index (χ2n) is 7.05. The van der Waals surface area contributed by atoms with Crippen LogP contribution in [0.2, 0.25) is 5.02 Å². The molecule has 5 rings (SSSR count). The SMILES string of the molecule is O=C(Nc1ccc([C@@H]2SCC(=O)N2c2ccc3c(c2)OCO3)cc1)c1ccc(Cl)cc1. The first-order valence-electron chi connectivity index (χ1n) is 9.59. The largest absolute Gasteiger partial charge is 0.454 e. The summed E-state index contributed by atoms with van der Waals surface area (Å²) in [5, 5.41) is 3.30. The zero-order chi connectivity index (χ0) is 21.4. The Hall–Kier alpha value is -3.16. The zero-order valence-corrected chi connectivity index (χ0v) is 17.8. The number of ether oxygens (including phenoxy) is 2. The fraction of sp³-hybridized carbons (Fsp3) is 0.130. The van der Waals surface area contributed by atoms with Crippen LogP contribution in [0.4, 0.5) is 11.4 Å². The number of thioether (sulfide) groups is 1. The van der Waals surface area contributed by atoms with Gasteiger partial charge in [-0.2, -0.15) is 0 Å². The van der Waals surface area contributed by atoms with Gasteiger partial charge in [0.25, 0.3) is 5.91 Å². The molecular formula is C23H17ClN2O4S. The second kappa shape index (κ2) is 8.17. The number of carbonyl (C=O) groups is 2. The normalized spacial score (nSPS) is 17.1. The molecule has 2 aliphatic rings. The van der Waals surface area contributed by atoms with E-state index in [0.717, 1.165) is 11.3 Å². The van der Waals surface area contributed by atoms with Gasteiger partial charge in [0.05, 0.1) is 5.75 Å². The molecule has 0 unspecified atom stereocenters. The maximum Gasteiger partial charge on any atom is 0.255 e. The summed E-state index contributed by atoms with van der Waals surface area (Å²) in [4.78, 5) is 26.8. The Morgan fingerprint density at radius 2 is 1.74 bits per heavy atom. The molecule has 0 spiro atoms. The molecule has 0 saturated carbocycles. The number of amides is 2. The number of anilines is 2. The predicted molar refractivity (Wildman–Crippen MR) is 121 cm³/mol. The average Bonchev–Trinajstić information content (AvgIpc) is 3.40. The third kappa shape index (κ3) is 3.94. The Kier molecular flexibility index (Phi) is 5.21. The van der Waals surface area contributed by atoms with Gasteiger partial charge in [-0.25, -0.2) is 0 Å². The number of carbonyl (C=O) groups excluding carboxylic acids is 2. The summed E-state index contributed by atoms with van der Waals surface area (Å²) in [6.45, 7) is 0.189. The fourth-order valence-corrected chi connectivity index (χ4v) is 4.82. The number of hydrogen-bond donors (Lipinski definition) is 1. The fourth-order valence-electron chi connectivity index (χ4n) is 3.52. The molecule has 0 aliphatic carbocycles. The summed E-state index contributed by atoms with van der Waals surface area (Å²) >= 11 is 7.44. The van der Waals surface area contributed by atoms with E-state index in [2.05, 4.69) is 5.32 Å². The van der Waals surface area contributed by atoms with Crippen molar-refractivity contribution in [2.75, 3.05) is 22.8 Å². The van der Waals surface area contributed by atoms with Gasteiger partial charge in [-0.15, -0.1) is 11.8 Å². The van der Waals surface area contributed by atoms with Crippen molar-refractivity contribution in [1.82, 2.24) is 0 Å². The molecule has 8 heteroatoms. The van der Waals surface area contributed by atoms with Gasteiger partial charge in [0.2, 0.25) is 12.7 Å². The van der Waals surface area contributed by atoms with Gasteiger partial charge in [-0.3, -0.25) is 14.5 Å².